The molecule has 0 unspecified atom stereocenters. The minimum atomic E-state index is -0.234. The van der Waals surface area contributed by atoms with Crippen LogP contribution in [0.1, 0.15) is 15.9 Å². The molecule has 0 aliphatic carbocycles. The second-order valence-electron chi connectivity index (χ2n) is 4.92. The molecule has 0 fully saturated rings. The maximum atomic E-state index is 12.3. The summed E-state index contributed by atoms with van der Waals surface area (Å²) >= 11 is 5.82. The smallest absolute Gasteiger partial charge is 0.273 e. The van der Waals surface area contributed by atoms with Crippen LogP contribution in [-0.4, -0.2) is 16.7 Å². The van der Waals surface area contributed by atoms with E-state index in [2.05, 4.69) is 10.5 Å². The fraction of sp³-hybridized carbons (Fsp3) is 0.0588. The highest BCUT2D eigenvalue weighted by Gasteiger charge is 2.12. The van der Waals surface area contributed by atoms with E-state index in [0.29, 0.717) is 10.6 Å². The van der Waals surface area contributed by atoms with Crippen molar-refractivity contribution in [2.45, 2.75) is 0 Å². The minimum absolute atomic E-state index is 0.234. The van der Waals surface area contributed by atoms with Crippen molar-refractivity contribution >= 4 is 34.6 Å². The Hall–Kier alpha value is -2.59. The van der Waals surface area contributed by atoms with E-state index in [0.717, 1.165) is 16.5 Å². The van der Waals surface area contributed by atoms with Gasteiger partial charge in [0.25, 0.3) is 5.91 Å². The van der Waals surface area contributed by atoms with Gasteiger partial charge in [0.15, 0.2) is 0 Å². The molecule has 1 N–H and O–H groups in total. The number of hydrazone groups is 1. The Balaban J connectivity index is 1.78. The fourth-order valence-corrected chi connectivity index (χ4v) is 2.42. The summed E-state index contributed by atoms with van der Waals surface area (Å²) in [6.45, 7) is 0. The Labute approximate surface area is 133 Å². The number of carbonyl (C=O) groups is 1. The molecule has 110 valence electrons. The van der Waals surface area contributed by atoms with Crippen LogP contribution in [0, 0.1) is 0 Å². The van der Waals surface area contributed by atoms with E-state index in [-0.39, 0.29) is 5.91 Å². The molecule has 0 aliphatic rings. The first-order valence-electron chi connectivity index (χ1n) is 6.78. The summed E-state index contributed by atoms with van der Waals surface area (Å²) in [4.78, 5) is 12.3. The van der Waals surface area contributed by atoms with Crippen molar-refractivity contribution in [1.82, 2.24) is 9.99 Å². The monoisotopic (exact) mass is 311 g/mol. The predicted octanol–water partition coefficient (Wildman–Crippen LogP) is 3.60. The van der Waals surface area contributed by atoms with Crippen LogP contribution in [0.25, 0.3) is 10.9 Å². The van der Waals surface area contributed by atoms with Gasteiger partial charge in [0.1, 0.15) is 0 Å². The second kappa shape index (κ2) is 6.03. The first kappa shape index (κ1) is 14.4. The summed E-state index contributed by atoms with van der Waals surface area (Å²) in [5.74, 6) is -0.234. The Bertz CT molecular complexity index is 850. The maximum absolute atomic E-state index is 12.3. The molecule has 3 rings (SSSR count). The van der Waals surface area contributed by atoms with Gasteiger partial charge in [-0.15, -0.1) is 0 Å². The summed E-state index contributed by atoms with van der Waals surface area (Å²) in [7, 11) is 1.91. The third kappa shape index (κ3) is 2.87. The van der Waals surface area contributed by atoms with E-state index in [1.165, 1.54) is 0 Å². The molecule has 0 bridgehead atoms. The Kier molecular flexibility index (Phi) is 3.94. The molecule has 0 atom stereocenters. The second-order valence-corrected chi connectivity index (χ2v) is 5.36. The molecule has 1 aromatic heterocycles. The topological polar surface area (TPSA) is 46.4 Å². The Morgan fingerprint density at radius 3 is 2.68 bits per heavy atom. The predicted molar refractivity (Wildman–Crippen MR) is 89.4 cm³/mol. The average Bonchev–Trinajstić information content (AvgIpc) is 2.87. The number of nitrogens with zero attached hydrogens (tertiary/aromatic N) is 2. The molecule has 0 spiro atoms. The van der Waals surface area contributed by atoms with Crippen molar-refractivity contribution in [3.63, 3.8) is 0 Å². The largest absolute Gasteiger partial charge is 0.350 e. The quantitative estimate of drug-likeness (QED) is 0.583. The van der Waals surface area contributed by atoms with E-state index >= 15 is 0 Å². The minimum Gasteiger partial charge on any atom is -0.350 e. The lowest BCUT2D eigenvalue weighted by Crippen LogP contribution is -2.17. The number of nitrogens with one attached hydrogen (secondary N) is 1. The molecule has 1 amide bonds. The number of carbonyl (C=O) groups excluding carboxylic acids is 1. The lowest BCUT2D eigenvalue weighted by Gasteiger charge is -1.98. The van der Waals surface area contributed by atoms with Crippen molar-refractivity contribution in [3.8, 4) is 0 Å². The summed E-state index contributed by atoms with van der Waals surface area (Å²) in [5, 5.41) is 5.56. The highest BCUT2D eigenvalue weighted by Crippen LogP contribution is 2.20. The number of rotatable bonds is 3. The molecule has 0 radical (unpaired) electrons. The van der Waals surface area contributed by atoms with Crippen LogP contribution in [-0.2, 0) is 7.05 Å². The van der Waals surface area contributed by atoms with E-state index < -0.39 is 0 Å². The first-order valence-corrected chi connectivity index (χ1v) is 7.16. The van der Waals surface area contributed by atoms with Gasteiger partial charge < -0.3 is 4.57 Å². The van der Waals surface area contributed by atoms with E-state index in [1.807, 2.05) is 48.0 Å². The summed E-state index contributed by atoms with van der Waals surface area (Å²) < 4.78 is 1.92. The van der Waals surface area contributed by atoms with E-state index in [9.17, 15) is 4.79 Å². The lowest BCUT2D eigenvalue weighted by atomic mass is 10.2. The molecule has 4 nitrogen and oxygen atoms in total. The number of para-hydroxylation sites is 1. The lowest BCUT2D eigenvalue weighted by molar-refractivity contribution is 0.0956. The SMILES string of the molecule is Cn1cc(C(=O)NN=Cc2ccc(Cl)cc2)c2ccccc21. The number of halogens is 1. The third-order valence-corrected chi connectivity index (χ3v) is 3.64. The molecule has 1 heterocycles. The van der Waals surface area contributed by atoms with Gasteiger partial charge in [-0.05, 0) is 23.8 Å². The van der Waals surface area contributed by atoms with Crippen LogP contribution in [0.3, 0.4) is 0 Å². The normalized spacial score (nSPS) is 11.2. The van der Waals surface area contributed by atoms with Crippen molar-refractivity contribution in [2.24, 2.45) is 12.1 Å². The van der Waals surface area contributed by atoms with E-state index in [1.54, 1.807) is 24.5 Å². The number of aryl methyl sites for hydroxylation is 1. The van der Waals surface area contributed by atoms with Crippen LogP contribution >= 0.6 is 11.6 Å². The van der Waals surface area contributed by atoms with Gasteiger partial charge in [-0.2, -0.15) is 5.10 Å². The number of hydrogen-bond acceptors (Lipinski definition) is 2. The number of benzene rings is 2. The average molecular weight is 312 g/mol. The molecule has 3 aromatic rings. The number of aromatic nitrogens is 1. The Morgan fingerprint density at radius 1 is 1.18 bits per heavy atom. The van der Waals surface area contributed by atoms with Gasteiger partial charge >= 0.3 is 0 Å². The molecule has 0 saturated carbocycles. The van der Waals surface area contributed by atoms with Crippen LogP contribution in [0.5, 0.6) is 0 Å². The standard InChI is InChI=1S/C17H14ClN3O/c1-21-11-15(14-4-2-3-5-16(14)21)17(22)20-19-10-12-6-8-13(18)9-7-12/h2-11H,1H3,(H,20,22). The molecule has 0 saturated heterocycles. The zero-order valence-electron chi connectivity index (χ0n) is 12.0. The molecule has 5 heteroatoms. The molecular formula is C17H14ClN3O. The number of hydrogen-bond donors (Lipinski definition) is 1. The first-order chi connectivity index (χ1) is 10.6. The Morgan fingerprint density at radius 2 is 1.91 bits per heavy atom. The van der Waals surface area contributed by atoms with Gasteiger partial charge in [0, 0.05) is 29.2 Å². The zero-order chi connectivity index (χ0) is 15.5. The molecule has 0 aliphatic heterocycles. The molecule has 2 aromatic carbocycles. The van der Waals surface area contributed by atoms with Crippen LogP contribution in [0.15, 0.2) is 59.8 Å². The number of amides is 1. The van der Waals surface area contributed by atoms with Gasteiger partial charge in [0.2, 0.25) is 0 Å². The summed E-state index contributed by atoms with van der Waals surface area (Å²) in [5.41, 5.74) is 5.03. The summed E-state index contributed by atoms with van der Waals surface area (Å²) in [6.07, 6.45) is 3.39. The molecule has 22 heavy (non-hydrogen) atoms. The van der Waals surface area contributed by atoms with Crippen LogP contribution in [0.4, 0.5) is 0 Å². The van der Waals surface area contributed by atoms with Gasteiger partial charge in [-0.3, -0.25) is 4.79 Å². The van der Waals surface area contributed by atoms with Gasteiger partial charge in [-0.1, -0.05) is 41.9 Å². The summed E-state index contributed by atoms with van der Waals surface area (Å²) in [6, 6.07) is 15.0. The van der Waals surface area contributed by atoms with Crippen LogP contribution in [0.2, 0.25) is 5.02 Å². The fourth-order valence-electron chi connectivity index (χ4n) is 2.30. The van der Waals surface area contributed by atoms with E-state index in [4.69, 9.17) is 11.6 Å². The highest BCUT2D eigenvalue weighted by atomic mass is 35.5. The van der Waals surface area contributed by atoms with Gasteiger partial charge in [0.05, 0.1) is 11.8 Å². The maximum Gasteiger partial charge on any atom is 0.273 e. The number of fused-ring (bicyclic) bond motifs is 1. The zero-order valence-corrected chi connectivity index (χ0v) is 12.7. The highest BCUT2D eigenvalue weighted by molar-refractivity contribution is 6.30. The van der Waals surface area contributed by atoms with Gasteiger partial charge in [-0.25, -0.2) is 5.43 Å². The third-order valence-electron chi connectivity index (χ3n) is 3.39. The molecular weight excluding hydrogens is 298 g/mol. The van der Waals surface area contributed by atoms with Crippen molar-refractivity contribution in [1.29, 1.82) is 0 Å². The van der Waals surface area contributed by atoms with Crippen molar-refractivity contribution in [2.75, 3.05) is 0 Å². The van der Waals surface area contributed by atoms with Crippen molar-refractivity contribution < 1.29 is 4.79 Å². The van der Waals surface area contributed by atoms with Crippen LogP contribution < -0.4 is 5.43 Å². The van der Waals surface area contributed by atoms with Crippen molar-refractivity contribution in [3.05, 3.63) is 70.9 Å².